The molecule has 1 amide bonds. The monoisotopic (exact) mass is 414 g/mol. The van der Waals surface area contributed by atoms with Crippen LogP contribution in [0.4, 0.5) is 15.8 Å². The molecule has 156 valence electrons. The number of carbonyl (C=O) groups is 1. The summed E-state index contributed by atoms with van der Waals surface area (Å²) in [5.41, 5.74) is 3.46. The van der Waals surface area contributed by atoms with E-state index in [1.54, 1.807) is 12.3 Å². The van der Waals surface area contributed by atoms with Crippen LogP contribution in [0.15, 0.2) is 79.3 Å². The largest absolute Gasteiger partial charge is 0.370 e. The van der Waals surface area contributed by atoms with Gasteiger partial charge in [-0.2, -0.15) is 0 Å². The number of pyridine rings is 1. The number of hydrogen-bond acceptors (Lipinski definition) is 3. The van der Waals surface area contributed by atoms with E-state index < -0.39 is 0 Å². The topological polar surface area (TPSA) is 50.2 Å². The number of piperidine rings is 1. The van der Waals surface area contributed by atoms with E-state index in [0.29, 0.717) is 6.54 Å². The maximum absolute atomic E-state index is 13.9. The second-order valence-electron chi connectivity index (χ2n) is 7.91. The number of anilines is 2. The molecule has 6 heteroatoms. The van der Waals surface area contributed by atoms with Crippen LogP contribution in [0.2, 0.25) is 0 Å². The van der Waals surface area contributed by atoms with Crippen molar-refractivity contribution < 1.29 is 9.18 Å². The number of carbonyl (C=O) groups excluding carboxylic acids is 1. The first kappa shape index (κ1) is 19.3. The number of amides is 1. The molecule has 0 radical (unpaired) electrons. The second-order valence-corrected chi connectivity index (χ2v) is 7.91. The van der Waals surface area contributed by atoms with Gasteiger partial charge in [-0.1, -0.05) is 6.07 Å². The molecule has 1 fully saturated rings. The summed E-state index contributed by atoms with van der Waals surface area (Å²) >= 11 is 0. The molecule has 1 saturated heterocycles. The van der Waals surface area contributed by atoms with Gasteiger partial charge in [0.05, 0.1) is 11.4 Å². The van der Waals surface area contributed by atoms with Gasteiger partial charge >= 0.3 is 0 Å². The molecule has 3 heterocycles. The molecular formula is C25H23FN4O. The summed E-state index contributed by atoms with van der Waals surface area (Å²) in [6, 6.07) is 18.3. The average molecular weight is 414 g/mol. The van der Waals surface area contributed by atoms with Crippen LogP contribution in [0.25, 0.3) is 16.6 Å². The molecule has 0 saturated carbocycles. The molecule has 0 aliphatic carbocycles. The van der Waals surface area contributed by atoms with E-state index in [9.17, 15) is 9.18 Å². The van der Waals surface area contributed by atoms with Crippen molar-refractivity contribution in [1.82, 2.24) is 9.55 Å². The molecule has 1 unspecified atom stereocenters. The van der Waals surface area contributed by atoms with Crippen molar-refractivity contribution in [2.45, 2.75) is 12.8 Å². The molecule has 5 nitrogen and oxygen atoms in total. The predicted molar refractivity (Wildman–Crippen MR) is 121 cm³/mol. The second kappa shape index (κ2) is 8.22. The van der Waals surface area contributed by atoms with Crippen LogP contribution < -0.4 is 10.2 Å². The zero-order valence-electron chi connectivity index (χ0n) is 17.0. The van der Waals surface area contributed by atoms with Crippen molar-refractivity contribution in [3.63, 3.8) is 0 Å². The Labute approximate surface area is 180 Å². The molecule has 1 atom stereocenters. The molecule has 4 aromatic rings. The van der Waals surface area contributed by atoms with E-state index in [1.807, 2.05) is 59.4 Å². The van der Waals surface area contributed by atoms with Crippen LogP contribution in [-0.2, 0) is 4.79 Å². The third kappa shape index (κ3) is 4.01. The van der Waals surface area contributed by atoms with Crippen LogP contribution in [0.3, 0.4) is 0 Å². The average Bonchev–Trinajstić information content (AvgIpc) is 3.34. The standard InChI is InChI=1S/C25H23FN4O/c26-19-8-9-23-22(15-19)24(10-11-27-23)30-14-4-5-18(17-30)25(31)28-20-6-3-7-21(16-20)29-12-1-2-13-29/h1-3,6-13,15-16,18H,4-5,14,17H2,(H,28,31). The highest BCUT2D eigenvalue weighted by atomic mass is 19.1. The molecule has 1 N–H and O–H groups in total. The molecule has 0 bridgehead atoms. The third-order valence-electron chi connectivity index (χ3n) is 5.83. The Morgan fingerprint density at radius 3 is 2.81 bits per heavy atom. The SMILES string of the molecule is O=C(Nc1cccc(-n2cccc2)c1)C1CCCN(c2ccnc3ccc(F)cc23)C1. The van der Waals surface area contributed by atoms with E-state index in [2.05, 4.69) is 15.2 Å². The first-order chi connectivity index (χ1) is 15.2. The number of nitrogens with one attached hydrogen (secondary N) is 1. The first-order valence-electron chi connectivity index (χ1n) is 10.5. The quantitative estimate of drug-likeness (QED) is 0.510. The number of hydrogen-bond donors (Lipinski definition) is 1. The fraction of sp³-hybridized carbons (Fsp3) is 0.200. The zero-order valence-corrected chi connectivity index (χ0v) is 17.0. The summed E-state index contributed by atoms with van der Waals surface area (Å²) in [5, 5.41) is 3.86. The van der Waals surface area contributed by atoms with Gasteiger partial charge in [0.15, 0.2) is 0 Å². The summed E-state index contributed by atoms with van der Waals surface area (Å²) < 4.78 is 15.9. The lowest BCUT2D eigenvalue weighted by molar-refractivity contribution is -0.120. The van der Waals surface area contributed by atoms with Crippen LogP contribution in [0.5, 0.6) is 0 Å². The zero-order chi connectivity index (χ0) is 21.2. The Hall–Kier alpha value is -3.67. The minimum absolute atomic E-state index is 0.0129. The number of benzene rings is 2. The van der Waals surface area contributed by atoms with E-state index in [4.69, 9.17) is 0 Å². The molecule has 5 rings (SSSR count). The molecule has 2 aromatic carbocycles. The lowest BCUT2D eigenvalue weighted by atomic mass is 9.96. The Morgan fingerprint density at radius 2 is 1.94 bits per heavy atom. The maximum Gasteiger partial charge on any atom is 0.229 e. The number of fused-ring (bicyclic) bond motifs is 1. The Bertz CT molecular complexity index is 1220. The van der Waals surface area contributed by atoms with Crippen molar-refractivity contribution in [2.24, 2.45) is 5.92 Å². The van der Waals surface area contributed by atoms with Crippen LogP contribution in [0, 0.1) is 11.7 Å². The van der Waals surface area contributed by atoms with Gasteiger partial charge in [-0.3, -0.25) is 9.78 Å². The van der Waals surface area contributed by atoms with Gasteiger partial charge in [0.25, 0.3) is 0 Å². The molecule has 1 aliphatic heterocycles. The third-order valence-corrected chi connectivity index (χ3v) is 5.83. The van der Waals surface area contributed by atoms with Gasteiger partial charge in [0, 0.05) is 54.1 Å². The highest BCUT2D eigenvalue weighted by molar-refractivity contribution is 5.95. The number of aromatic nitrogens is 2. The summed E-state index contributed by atoms with van der Waals surface area (Å²) in [6.07, 6.45) is 7.42. The van der Waals surface area contributed by atoms with Gasteiger partial charge in [0.1, 0.15) is 5.82 Å². The molecule has 2 aromatic heterocycles. The fourth-order valence-corrected chi connectivity index (χ4v) is 4.28. The van der Waals surface area contributed by atoms with Crippen molar-refractivity contribution >= 4 is 28.2 Å². The smallest absolute Gasteiger partial charge is 0.229 e. The predicted octanol–water partition coefficient (Wildman–Crippen LogP) is 5.02. The fourth-order valence-electron chi connectivity index (χ4n) is 4.28. The van der Waals surface area contributed by atoms with Crippen molar-refractivity contribution in [3.05, 3.63) is 85.1 Å². The van der Waals surface area contributed by atoms with Gasteiger partial charge in [-0.25, -0.2) is 4.39 Å². The van der Waals surface area contributed by atoms with Gasteiger partial charge in [-0.05, 0) is 67.4 Å². The number of halogens is 1. The molecule has 0 spiro atoms. The Kier molecular flexibility index (Phi) is 5.12. The van der Waals surface area contributed by atoms with E-state index in [-0.39, 0.29) is 17.6 Å². The minimum Gasteiger partial charge on any atom is -0.370 e. The van der Waals surface area contributed by atoms with Gasteiger partial charge in [-0.15, -0.1) is 0 Å². The highest BCUT2D eigenvalue weighted by Gasteiger charge is 2.27. The summed E-state index contributed by atoms with van der Waals surface area (Å²) in [5.74, 6) is -0.407. The normalized spacial score (nSPS) is 16.4. The molecule has 31 heavy (non-hydrogen) atoms. The Balaban J connectivity index is 1.34. The molecule has 1 aliphatic rings. The number of nitrogens with zero attached hydrogens (tertiary/aromatic N) is 3. The lowest BCUT2D eigenvalue weighted by Crippen LogP contribution is -2.40. The van der Waals surface area contributed by atoms with Crippen molar-refractivity contribution in [2.75, 3.05) is 23.3 Å². The van der Waals surface area contributed by atoms with Crippen LogP contribution in [0.1, 0.15) is 12.8 Å². The van der Waals surface area contributed by atoms with E-state index in [1.165, 1.54) is 12.1 Å². The summed E-state index contributed by atoms with van der Waals surface area (Å²) in [6.45, 7) is 1.43. The first-order valence-corrected chi connectivity index (χ1v) is 10.5. The summed E-state index contributed by atoms with van der Waals surface area (Å²) in [4.78, 5) is 19.6. The Morgan fingerprint density at radius 1 is 1.06 bits per heavy atom. The lowest BCUT2D eigenvalue weighted by Gasteiger charge is -2.34. The molecular weight excluding hydrogens is 391 g/mol. The van der Waals surface area contributed by atoms with Crippen molar-refractivity contribution in [1.29, 1.82) is 0 Å². The van der Waals surface area contributed by atoms with Crippen LogP contribution in [-0.4, -0.2) is 28.5 Å². The number of rotatable bonds is 4. The van der Waals surface area contributed by atoms with Gasteiger partial charge < -0.3 is 14.8 Å². The van der Waals surface area contributed by atoms with Crippen LogP contribution >= 0.6 is 0 Å². The minimum atomic E-state index is -0.282. The van der Waals surface area contributed by atoms with Gasteiger partial charge in [0.2, 0.25) is 5.91 Å². The van der Waals surface area contributed by atoms with Crippen molar-refractivity contribution in [3.8, 4) is 5.69 Å². The van der Waals surface area contributed by atoms with E-state index in [0.717, 1.165) is 47.4 Å². The maximum atomic E-state index is 13.9. The highest BCUT2D eigenvalue weighted by Crippen LogP contribution is 2.30. The van der Waals surface area contributed by atoms with E-state index >= 15 is 0 Å². The summed E-state index contributed by atoms with van der Waals surface area (Å²) in [7, 11) is 0.